The molecule has 1 aromatic carbocycles. The van der Waals surface area contributed by atoms with Crippen molar-refractivity contribution in [3.63, 3.8) is 0 Å². The van der Waals surface area contributed by atoms with E-state index in [1.807, 2.05) is 31.2 Å². The minimum Gasteiger partial charge on any atom is -0.494 e. The molecule has 10 nitrogen and oxygen atoms in total. The van der Waals surface area contributed by atoms with E-state index >= 15 is 0 Å². The molecule has 0 amide bonds. The first-order chi connectivity index (χ1) is 14.8. The number of benzene rings is 1. The average molecular weight is 413 g/mol. The maximum absolute atomic E-state index is 5.46. The van der Waals surface area contributed by atoms with Crippen LogP contribution < -0.4 is 20.0 Å². The molecule has 2 aliphatic heterocycles. The number of anilines is 3. The molecule has 0 bridgehead atoms. The number of ether oxygens (including phenoxy) is 3. The fourth-order valence-electron chi connectivity index (χ4n) is 3.19. The maximum atomic E-state index is 5.46. The van der Waals surface area contributed by atoms with Gasteiger partial charge in [-0.25, -0.2) is 5.43 Å². The Balaban J connectivity index is 1.50. The van der Waals surface area contributed by atoms with Crippen molar-refractivity contribution < 1.29 is 14.2 Å². The minimum atomic E-state index is 0.412. The summed E-state index contributed by atoms with van der Waals surface area (Å²) in [5, 5.41) is 4.30. The van der Waals surface area contributed by atoms with Crippen LogP contribution in [-0.2, 0) is 9.47 Å². The molecule has 0 saturated carbocycles. The summed E-state index contributed by atoms with van der Waals surface area (Å²) in [5.41, 5.74) is 3.90. The molecule has 0 radical (unpaired) electrons. The van der Waals surface area contributed by atoms with Crippen LogP contribution in [0, 0.1) is 0 Å². The second-order valence-electron chi connectivity index (χ2n) is 6.83. The molecule has 1 N–H and O–H groups in total. The molecular formula is C20H27N7O3. The Labute approximate surface area is 175 Å². The Morgan fingerprint density at radius 3 is 2.03 bits per heavy atom. The van der Waals surface area contributed by atoms with E-state index in [0.29, 0.717) is 50.9 Å². The number of hydrogen-bond donors (Lipinski definition) is 1. The van der Waals surface area contributed by atoms with Crippen LogP contribution in [0.5, 0.6) is 5.75 Å². The smallest absolute Gasteiger partial charge is 0.250 e. The molecule has 0 atom stereocenters. The molecule has 2 fully saturated rings. The van der Waals surface area contributed by atoms with Gasteiger partial charge in [0.05, 0.1) is 39.2 Å². The lowest BCUT2D eigenvalue weighted by Gasteiger charge is -2.30. The highest BCUT2D eigenvalue weighted by molar-refractivity contribution is 5.80. The third-order valence-electron chi connectivity index (χ3n) is 4.77. The third-order valence-corrected chi connectivity index (χ3v) is 4.77. The topological polar surface area (TPSA) is 97.2 Å². The molecular weight excluding hydrogens is 386 g/mol. The Hall–Kier alpha value is -2.98. The maximum Gasteiger partial charge on any atom is 0.250 e. The lowest BCUT2D eigenvalue weighted by molar-refractivity contribution is 0.121. The van der Waals surface area contributed by atoms with Crippen molar-refractivity contribution in [3.8, 4) is 5.75 Å². The highest BCUT2D eigenvalue weighted by Crippen LogP contribution is 2.19. The summed E-state index contributed by atoms with van der Waals surface area (Å²) in [5.74, 6) is 2.52. The largest absolute Gasteiger partial charge is 0.494 e. The van der Waals surface area contributed by atoms with Gasteiger partial charge in [-0.2, -0.15) is 20.1 Å². The van der Waals surface area contributed by atoms with Gasteiger partial charge in [0.2, 0.25) is 17.8 Å². The molecule has 2 saturated heterocycles. The molecule has 160 valence electrons. The molecule has 0 aliphatic carbocycles. The standard InChI is InChI=1S/C20H27N7O3/c1-2-30-17-5-3-16(4-6-17)15-21-25-18-22-19(26-7-11-28-12-8-26)24-20(23-18)27-9-13-29-14-10-27/h3-6,15H,2,7-14H2,1H3,(H,22,23,24,25). The summed E-state index contributed by atoms with van der Waals surface area (Å²) >= 11 is 0. The number of nitrogens with zero attached hydrogens (tertiary/aromatic N) is 6. The SMILES string of the molecule is CCOc1ccc(C=NNc2nc(N3CCOCC3)nc(N3CCOCC3)n2)cc1. The van der Waals surface area contributed by atoms with E-state index in [2.05, 4.69) is 35.3 Å². The van der Waals surface area contributed by atoms with Crippen LogP contribution in [0.25, 0.3) is 0 Å². The summed E-state index contributed by atoms with van der Waals surface area (Å²) in [6.07, 6.45) is 1.72. The van der Waals surface area contributed by atoms with Crippen LogP contribution in [-0.4, -0.2) is 80.4 Å². The predicted octanol–water partition coefficient (Wildman–Crippen LogP) is 1.39. The summed E-state index contributed by atoms with van der Waals surface area (Å²) in [7, 11) is 0. The number of morpholine rings is 2. The van der Waals surface area contributed by atoms with E-state index in [1.54, 1.807) is 6.21 Å². The van der Waals surface area contributed by atoms with Crippen molar-refractivity contribution in [1.29, 1.82) is 0 Å². The molecule has 3 heterocycles. The van der Waals surface area contributed by atoms with E-state index in [-0.39, 0.29) is 0 Å². The number of nitrogens with one attached hydrogen (secondary N) is 1. The molecule has 4 rings (SSSR count). The monoisotopic (exact) mass is 413 g/mol. The van der Waals surface area contributed by atoms with Crippen LogP contribution in [0.3, 0.4) is 0 Å². The van der Waals surface area contributed by atoms with Gasteiger partial charge in [-0.3, -0.25) is 0 Å². The van der Waals surface area contributed by atoms with E-state index in [9.17, 15) is 0 Å². The van der Waals surface area contributed by atoms with Gasteiger partial charge >= 0.3 is 0 Å². The zero-order valence-corrected chi connectivity index (χ0v) is 17.2. The molecule has 0 spiro atoms. The molecule has 1 aromatic heterocycles. The Bertz CT molecular complexity index is 799. The van der Waals surface area contributed by atoms with Gasteiger partial charge in [-0.15, -0.1) is 0 Å². The van der Waals surface area contributed by atoms with Gasteiger partial charge in [0, 0.05) is 26.2 Å². The zero-order chi connectivity index (χ0) is 20.6. The number of hydrazone groups is 1. The van der Waals surface area contributed by atoms with Gasteiger partial charge in [0.25, 0.3) is 0 Å². The van der Waals surface area contributed by atoms with Gasteiger partial charge in [0.1, 0.15) is 5.75 Å². The van der Waals surface area contributed by atoms with Crippen molar-refractivity contribution in [2.45, 2.75) is 6.92 Å². The second-order valence-corrected chi connectivity index (χ2v) is 6.83. The van der Waals surface area contributed by atoms with Crippen LogP contribution in [0.1, 0.15) is 12.5 Å². The Morgan fingerprint density at radius 1 is 0.933 bits per heavy atom. The second kappa shape index (κ2) is 10.2. The fourth-order valence-corrected chi connectivity index (χ4v) is 3.19. The van der Waals surface area contributed by atoms with E-state index < -0.39 is 0 Å². The normalized spacial score (nSPS) is 17.4. The number of hydrogen-bond acceptors (Lipinski definition) is 10. The van der Waals surface area contributed by atoms with Gasteiger partial charge in [-0.05, 0) is 36.8 Å². The minimum absolute atomic E-state index is 0.412. The lowest BCUT2D eigenvalue weighted by Crippen LogP contribution is -2.40. The van der Waals surface area contributed by atoms with Crippen molar-refractivity contribution in [1.82, 2.24) is 15.0 Å². The van der Waals surface area contributed by atoms with Crippen LogP contribution in [0.15, 0.2) is 29.4 Å². The lowest BCUT2D eigenvalue weighted by atomic mass is 10.2. The van der Waals surface area contributed by atoms with E-state index in [0.717, 1.165) is 37.5 Å². The van der Waals surface area contributed by atoms with E-state index in [4.69, 9.17) is 14.2 Å². The summed E-state index contributed by atoms with van der Waals surface area (Å²) in [4.78, 5) is 18.0. The fraction of sp³-hybridized carbons (Fsp3) is 0.500. The predicted molar refractivity (Wildman–Crippen MR) is 115 cm³/mol. The molecule has 0 unspecified atom stereocenters. The van der Waals surface area contributed by atoms with Crippen LogP contribution in [0.2, 0.25) is 0 Å². The average Bonchev–Trinajstić information content (AvgIpc) is 2.81. The molecule has 30 heavy (non-hydrogen) atoms. The van der Waals surface area contributed by atoms with Gasteiger partial charge in [0.15, 0.2) is 0 Å². The van der Waals surface area contributed by atoms with Crippen molar-refractivity contribution in [3.05, 3.63) is 29.8 Å². The van der Waals surface area contributed by atoms with Crippen LogP contribution >= 0.6 is 0 Å². The molecule has 2 aliphatic rings. The highest BCUT2D eigenvalue weighted by atomic mass is 16.5. The van der Waals surface area contributed by atoms with Crippen LogP contribution in [0.4, 0.5) is 17.8 Å². The first-order valence-electron chi connectivity index (χ1n) is 10.3. The zero-order valence-electron chi connectivity index (χ0n) is 17.2. The summed E-state index contributed by atoms with van der Waals surface area (Å²) < 4.78 is 16.4. The van der Waals surface area contributed by atoms with Crippen molar-refractivity contribution in [2.24, 2.45) is 5.10 Å². The molecule has 10 heteroatoms. The quantitative estimate of drug-likeness (QED) is 0.533. The summed E-state index contributed by atoms with van der Waals surface area (Å²) in [6, 6.07) is 7.73. The van der Waals surface area contributed by atoms with E-state index in [1.165, 1.54) is 0 Å². The van der Waals surface area contributed by atoms with Crippen molar-refractivity contribution >= 4 is 24.1 Å². The highest BCUT2D eigenvalue weighted by Gasteiger charge is 2.20. The first kappa shape index (κ1) is 20.3. The Morgan fingerprint density at radius 2 is 1.50 bits per heavy atom. The first-order valence-corrected chi connectivity index (χ1v) is 10.3. The number of rotatable bonds is 7. The van der Waals surface area contributed by atoms with Gasteiger partial charge < -0.3 is 24.0 Å². The number of aromatic nitrogens is 3. The molecule has 2 aromatic rings. The van der Waals surface area contributed by atoms with Crippen molar-refractivity contribution in [2.75, 3.05) is 74.4 Å². The third kappa shape index (κ3) is 5.33. The van der Waals surface area contributed by atoms with Gasteiger partial charge in [-0.1, -0.05) is 0 Å². The Kier molecular flexibility index (Phi) is 6.88. The summed E-state index contributed by atoms with van der Waals surface area (Å²) in [6.45, 7) is 8.27.